The Bertz CT molecular complexity index is 1080. The molecule has 6 nitrogen and oxygen atoms in total. The number of anilines is 1. The molecule has 136 valence electrons. The molecule has 1 amide bonds. The third-order valence-corrected chi connectivity index (χ3v) is 4.65. The number of furan rings is 1. The van der Waals surface area contributed by atoms with Crippen LogP contribution in [-0.2, 0) is 0 Å². The molecule has 1 N–H and O–H groups in total. The number of hydrogen-bond acceptors (Lipinski definition) is 4. The van der Waals surface area contributed by atoms with E-state index in [0.717, 1.165) is 17.3 Å². The molecular weight excluding hydrogens is 340 g/mol. The van der Waals surface area contributed by atoms with E-state index in [0.29, 0.717) is 22.8 Å². The molecule has 1 aromatic carbocycles. The number of amides is 1. The van der Waals surface area contributed by atoms with Gasteiger partial charge in [0.15, 0.2) is 5.76 Å². The Morgan fingerprint density at radius 1 is 1.22 bits per heavy atom. The van der Waals surface area contributed by atoms with Gasteiger partial charge in [-0.15, -0.1) is 0 Å². The summed E-state index contributed by atoms with van der Waals surface area (Å²) in [4.78, 5) is 17.7. The minimum Gasteiger partial charge on any atom is -0.463 e. The number of para-hydroxylation sites is 1. The summed E-state index contributed by atoms with van der Waals surface area (Å²) >= 11 is 0. The summed E-state index contributed by atoms with van der Waals surface area (Å²) < 4.78 is 7.29. The number of carbonyl (C=O) groups is 1. The van der Waals surface area contributed by atoms with Gasteiger partial charge in [0.25, 0.3) is 5.91 Å². The summed E-state index contributed by atoms with van der Waals surface area (Å²) in [5, 5.41) is 8.11. The molecule has 3 aromatic heterocycles. The summed E-state index contributed by atoms with van der Waals surface area (Å²) in [6, 6.07) is 15.0. The number of aromatic nitrogens is 3. The van der Waals surface area contributed by atoms with E-state index in [2.05, 4.69) is 29.2 Å². The number of carbonyl (C=O) groups excluding carboxylic acids is 1. The van der Waals surface area contributed by atoms with Gasteiger partial charge in [-0.05, 0) is 37.6 Å². The van der Waals surface area contributed by atoms with Crippen LogP contribution in [0.1, 0.15) is 36.7 Å². The molecule has 27 heavy (non-hydrogen) atoms. The predicted octanol–water partition coefficient (Wildman–Crippen LogP) is 4.91. The van der Waals surface area contributed by atoms with E-state index in [4.69, 9.17) is 4.42 Å². The fourth-order valence-electron chi connectivity index (χ4n) is 3.03. The SMILES string of the molecule is CCC(C)n1nccc1NC(=O)c1cc(-c2ccco2)nc2ccccc12. The predicted molar refractivity (Wildman–Crippen MR) is 105 cm³/mol. The van der Waals surface area contributed by atoms with Gasteiger partial charge in [-0.2, -0.15) is 5.10 Å². The zero-order valence-corrected chi connectivity index (χ0v) is 15.2. The maximum Gasteiger partial charge on any atom is 0.257 e. The highest BCUT2D eigenvalue weighted by Gasteiger charge is 2.17. The van der Waals surface area contributed by atoms with Crippen molar-refractivity contribution < 1.29 is 9.21 Å². The number of nitrogens with one attached hydrogen (secondary N) is 1. The largest absolute Gasteiger partial charge is 0.463 e. The quantitative estimate of drug-likeness (QED) is 0.548. The second-order valence-corrected chi connectivity index (χ2v) is 6.42. The monoisotopic (exact) mass is 360 g/mol. The molecule has 0 fully saturated rings. The van der Waals surface area contributed by atoms with Crippen LogP contribution in [-0.4, -0.2) is 20.7 Å². The number of fused-ring (bicyclic) bond motifs is 1. The normalized spacial score (nSPS) is 12.2. The minimum absolute atomic E-state index is 0.197. The van der Waals surface area contributed by atoms with E-state index < -0.39 is 0 Å². The van der Waals surface area contributed by atoms with Crippen molar-refractivity contribution in [2.75, 3.05) is 5.32 Å². The molecule has 0 aliphatic heterocycles. The van der Waals surface area contributed by atoms with Gasteiger partial charge in [-0.1, -0.05) is 25.1 Å². The van der Waals surface area contributed by atoms with Crippen molar-refractivity contribution >= 4 is 22.6 Å². The minimum atomic E-state index is -0.202. The summed E-state index contributed by atoms with van der Waals surface area (Å²) in [6.45, 7) is 4.16. The first-order valence-corrected chi connectivity index (χ1v) is 8.96. The molecule has 0 saturated carbocycles. The van der Waals surface area contributed by atoms with Crippen LogP contribution in [0.15, 0.2) is 65.4 Å². The van der Waals surface area contributed by atoms with Crippen LogP contribution in [0.25, 0.3) is 22.4 Å². The Kier molecular flexibility index (Phi) is 4.46. The van der Waals surface area contributed by atoms with Crippen LogP contribution < -0.4 is 5.32 Å². The standard InChI is InChI=1S/C21H20N4O2/c1-3-14(2)25-20(10-11-22-25)24-21(26)16-13-18(19-9-6-12-27-19)23-17-8-5-4-7-15(16)17/h4-14H,3H2,1-2H3,(H,24,26). The van der Waals surface area contributed by atoms with Crippen LogP contribution in [0.3, 0.4) is 0 Å². The van der Waals surface area contributed by atoms with Crippen molar-refractivity contribution in [1.29, 1.82) is 0 Å². The van der Waals surface area contributed by atoms with Crippen molar-refractivity contribution in [3.8, 4) is 11.5 Å². The molecule has 0 spiro atoms. The molecule has 4 rings (SSSR count). The Hall–Kier alpha value is -3.41. The van der Waals surface area contributed by atoms with E-state index in [-0.39, 0.29) is 11.9 Å². The summed E-state index contributed by atoms with van der Waals surface area (Å²) in [6.07, 6.45) is 4.21. The van der Waals surface area contributed by atoms with E-state index in [1.165, 1.54) is 0 Å². The van der Waals surface area contributed by atoms with Crippen molar-refractivity contribution in [1.82, 2.24) is 14.8 Å². The van der Waals surface area contributed by atoms with E-state index >= 15 is 0 Å². The molecule has 0 radical (unpaired) electrons. The van der Waals surface area contributed by atoms with E-state index in [1.807, 2.05) is 35.0 Å². The Labute approximate surface area is 156 Å². The summed E-state index contributed by atoms with van der Waals surface area (Å²) in [7, 11) is 0. The smallest absolute Gasteiger partial charge is 0.257 e. The molecule has 1 unspecified atom stereocenters. The van der Waals surface area contributed by atoms with Crippen LogP contribution >= 0.6 is 0 Å². The Morgan fingerprint density at radius 2 is 2.07 bits per heavy atom. The molecule has 4 aromatic rings. The lowest BCUT2D eigenvalue weighted by Gasteiger charge is -2.15. The Balaban J connectivity index is 1.76. The number of hydrogen-bond donors (Lipinski definition) is 1. The molecule has 6 heteroatoms. The molecule has 1 atom stereocenters. The van der Waals surface area contributed by atoms with Crippen LogP contribution in [0.5, 0.6) is 0 Å². The van der Waals surface area contributed by atoms with Gasteiger partial charge in [0.05, 0.1) is 29.6 Å². The first-order valence-electron chi connectivity index (χ1n) is 8.96. The molecule has 0 aliphatic carbocycles. The number of pyridine rings is 1. The number of rotatable bonds is 5. The average Bonchev–Trinajstić information content (AvgIpc) is 3.38. The van der Waals surface area contributed by atoms with Gasteiger partial charge in [-0.25, -0.2) is 9.67 Å². The molecule has 0 bridgehead atoms. The highest BCUT2D eigenvalue weighted by atomic mass is 16.3. The van der Waals surface area contributed by atoms with Gasteiger partial charge in [-0.3, -0.25) is 4.79 Å². The molecule has 0 aliphatic rings. The number of benzene rings is 1. The fourth-order valence-corrected chi connectivity index (χ4v) is 3.03. The van der Waals surface area contributed by atoms with E-state index in [1.54, 1.807) is 30.7 Å². The second-order valence-electron chi connectivity index (χ2n) is 6.42. The first kappa shape index (κ1) is 17.0. The Morgan fingerprint density at radius 3 is 2.85 bits per heavy atom. The third-order valence-electron chi connectivity index (χ3n) is 4.65. The topological polar surface area (TPSA) is 73.0 Å². The lowest BCUT2D eigenvalue weighted by atomic mass is 10.1. The fraction of sp³-hybridized carbons (Fsp3) is 0.190. The zero-order chi connectivity index (χ0) is 18.8. The molecular formula is C21H20N4O2. The van der Waals surface area contributed by atoms with Crippen LogP contribution in [0.2, 0.25) is 0 Å². The lowest BCUT2D eigenvalue weighted by Crippen LogP contribution is -2.18. The third kappa shape index (κ3) is 3.21. The van der Waals surface area contributed by atoms with Crippen LogP contribution in [0, 0.1) is 0 Å². The lowest BCUT2D eigenvalue weighted by molar-refractivity contribution is 0.102. The van der Waals surface area contributed by atoms with Crippen molar-refractivity contribution in [3.05, 3.63) is 66.6 Å². The van der Waals surface area contributed by atoms with Crippen molar-refractivity contribution in [3.63, 3.8) is 0 Å². The van der Waals surface area contributed by atoms with Gasteiger partial charge >= 0.3 is 0 Å². The second kappa shape index (κ2) is 7.07. The van der Waals surface area contributed by atoms with Gasteiger partial charge in [0.2, 0.25) is 0 Å². The summed E-state index contributed by atoms with van der Waals surface area (Å²) in [5.74, 6) is 1.10. The highest BCUT2D eigenvalue weighted by molar-refractivity contribution is 6.12. The average molecular weight is 360 g/mol. The maximum absolute atomic E-state index is 13.1. The van der Waals surface area contributed by atoms with E-state index in [9.17, 15) is 4.79 Å². The number of nitrogens with zero attached hydrogens (tertiary/aromatic N) is 3. The van der Waals surface area contributed by atoms with Crippen molar-refractivity contribution in [2.24, 2.45) is 0 Å². The van der Waals surface area contributed by atoms with Crippen molar-refractivity contribution in [2.45, 2.75) is 26.3 Å². The van der Waals surface area contributed by atoms with Gasteiger partial charge in [0, 0.05) is 11.5 Å². The summed E-state index contributed by atoms with van der Waals surface area (Å²) in [5.41, 5.74) is 1.91. The highest BCUT2D eigenvalue weighted by Crippen LogP contribution is 2.26. The maximum atomic E-state index is 13.1. The molecule has 0 saturated heterocycles. The van der Waals surface area contributed by atoms with Gasteiger partial charge in [0.1, 0.15) is 11.5 Å². The first-order chi connectivity index (χ1) is 13.2. The zero-order valence-electron chi connectivity index (χ0n) is 15.2. The molecule has 3 heterocycles. The van der Waals surface area contributed by atoms with Crippen LogP contribution in [0.4, 0.5) is 5.82 Å². The van der Waals surface area contributed by atoms with Gasteiger partial charge < -0.3 is 9.73 Å².